The van der Waals surface area contributed by atoms with Crippen molar-refractivity contribution in [2.24, 2.45) is 0 Å². The quantitative estimate of drug-likeness (QED) is 0.755. The Labute approximate surface area is 151 Å². The Bertz CT molecular complexity index is 1040. The summed E-state index contributed by atoms with van der Waals surface area (Å²) in [6, 6.07) is 11.3. The van der Waals surface area contributed by atoms with Gasteiger partial charge in [0.05, 0.1) is 5.39 Å². The number of carbonyl (C=O) groups excluding carboxylic acids is 1. The van der Waals surface area contributed by atoms with Crippen molar-refractivity contribution in [1.29, 1.82) is 0 Å². The monoisotopic (exact) mass is 377 g/mol. The Morgan fingerprint density at radius 3 is 2.33 bits per heavy atom. The van der Waals surface area contributed by atoms with Crippen molar-refractivity contribution in [3.63, 3.8) is 0 Å². The summed E-state index contributed by atoms with van der Waals surface area (Å²) in [6.07, 6.45) is -4.79. The molecule has 0 aliphatic rings. The fourth-order valence-corrected chi connectivity index (χ4v) is 2.55. The summed E-state index contributed by atoms with van der Waals surface area (Å²) in [5, 5.41) is 7.40. The molecule has 3 rings (SSSR count). The second-order valence-electron chi connectivity index (χ2n) is 5.54. The lowest BCUT2D eigenvalue weighted by Gasteiger charge is -2.11. The summed E-state index contributed by atoms with van der Waals surface area (Å²) in [4.78, 5) is 24.9. The van der Waals surface area contributed by atoms with Crippen LogP contribution in [0.5, 0.6) is 5.75 Å². The number of benzene rings is 2. The minimum Gasteiger partial charge on any atom is -0.406 e. The minimum atomic E-state index is -4.79. The number of rotatable bonds is 4. The SMILES string of the molecule is CCn1nc(C(=O)Nc2ccc(OC(F)(F)F)cc2)c2ccccc2c1=O. The van der Waals surface area contributed by atoms with Crippen LogP contribution >= 0.6 is 0 Å². The molecular formula is C18H14F3N3O3. The van der Waals surface area contributed by atoms with Crippen LogP contribution in [0.15, 0.2) is 53.3 Å². The van der Waals surface area contributed by atoms with Crippen LogP contribution < -0.4 is 15.6 Å². The van der Waals surface area contributed by atoms with Crippen LogP contribution in [0.2, 0.25) is 0 Å². The van der Waals surface area contributed by atoms with Crippen LogP contribution in [0.1, 0.15) is 17.4 Å². The third-order valence-electron chi connectivity index (χ3n) is 3.73. The van der Waals surface area contributed by atoms with E-state index in [1.54, 1.807) is 31.2 Å². The maximum Gasteiger partial charge on any atom is 0.573 e. The molecule has 0 spiro atoms. The molecular weight excluding hydrogens is 363 g/mol. The molecule has 0 bridgehead atoms. The van der Waals surface area contributed by atoms with E-state index in [4.69, 9.17) is 0 Å². The molecule has 3 aromatic rings. The third kappa shape index (κ3) is 4.08. The van der Waals surface area contributed by atoms with Crippen LogP contribution in [0.3, 0.4) is 0 Å². The smallest absolute Gasteiger partial charge is 0.406 e. The normalized spacial score (nSPS) is 11.4. The number of carbonyl (C=O) groups is 1. The molecule has 1 N–H and O–H groups in total. The zero-order valence-corrected chi connectivity index (χ0v) is 14.1. The molecule has 0 saturated carbocycles. The average molecular weight is 377 g/mol. The Morgan fingerprint density at radius 1 is 1.11 bits per heavy atom. The van der Waals surface area contributed by atoms with Gasteiger partial charge in [-0.1, -0.05) is 18.2 Å². The molecule has 1 aromatic heterocycles. The van der Waals surface area contributed by atoms with Crippen molar-refractivity contribution in [1.82, 2.24) is 9.78 Å². The molecule has 0 aliphatic carbocycles. The predicted molar refractivity (Wildman–Crippen MR) is 92.8 cm³/mol. The number of alkyl halides is 3. The maximum atomic E-state index is 12.6. The number of fused-ring (bicyclic) bond motifs is 1. The van der Waals surface area contributed by atoms with Crippen molar-refractivity contribution in [3.8, 4) is 5.75 Å². The number of aryl methyl sites for hydroxylation is 1. The standard InChI is InChI=1S/C18H14F3N3O3/c1-2-24-17(26)14-6-4-3-5-13(14)15(23-24)16(25)22-11-7-9-12(10-8-11)27-18(19,20)21/h3-10H,2H2,1H3,(H,22,25). The number of halogens is 3. The first-order valence-corrected chi connectivity index (χ1v) is 7.95. The molecule has 0 unspecified atom stereocenters. The topological polar surface area (TPSA) is 73.2 Å². The van der Waals surface area contributed by atoms with E-state index in [0.29, 0.717) is 10.8 Å². The highest BCUT2D eigenvalue weighted by Gasteiger charge is 2.31. The van der Waals surface area contributed by atoms with Crippen LogP contribution in [-0.2, 0) is 6.54 Å². The molecule has 0 aliphatic heterocycles. The van der Waals surface area contributed by atoms with Crippen LogP contribution in [0.25, 0.3) is 10.8 Å². The van der Waals surface area contributed by atoms with Crippen LogP contribution in [-0.4, -0.2) is 22.1 Å². The summed E-state index contributed by atoms with van der Waals surface area (Å²) in [6.45, 7) is 2.01. The first-order valence-electron chi connectivity index (χ1n) is 7.95. The van der Waals surface area contributed by atoms with E-state index in [0.717, 1.165) is 12.1 Å². The first kappa shape index (κ1) is 18.4. The van der Waals surface area contributed by atoms with Crippen molar-refractivity contribution >= 4 is 22.4 Å². The summed E-state index contributed by atoms with van der Waals surface area (Å²) in [7, 11) is 0. The summed E-state index contributed by atoms with van der Waals surface area (Å²) in [5.41, 5.74) is -0.00405. The number of amides is 1. The number of ether oxygens (including phenoxy) is 1. The van der Waals surface area contributed by atoms with Gasteiger partial charge in [-0.3, -0.25) is 9.59 Å². The minimum absolute atomic E-state index is 0.0441. The van der Waals surface area contributed by atoms with Gasteiger partial charge in [-0.2, -0.15) is 5.10 Å². The molecule has 0 saturated heterocycles. The lowest BCUT2D eigenvalue weighted by atomic mass is 10.1. The number of nitrogens with one attached hydrogen (secondary N) is 1. The second-order valence-corrected chi connectivity index (χ2v) is 5.54. The largest absolute Gasteiger partial charge is 0.573 e. The van der Waals surface area contributed by atoms with Crippen LogP contribution in [0, 0.1) is 0 Å². The summed E-state index contributed by atoms with van der Waals surface area (Å²) < 4.78 is 41.6. The molecule has 2 aromatic carbocycles. The van der Waals surface area contributed by atoms with Gasteiger partial charge in [0.1, 0.15) is 5.75 Å². The van der Waals surface area contributed by atoms with E-state index in [1.165, 1.54) is 16.8 Å². The lowest BCUT2D eigenvalue weighted by Crippen LogP contribution is -2.27. The number of hydrogen-bond donors (Lipinski definition) is 1. The first-order chi connectivity index (χ1) is 12.8. The van der Waals surface area contributed by atoms with E-state index >= 15 is 0 Å². The zero-order chi connectivity index (χ0) is 19.6. The number of nitrogens with zero attached hydrogens (tertiary/aromatic N) is 2. The molecule has 0 atom stereocenters. The van der Waals surface area contributed by atoms with Crippen molar-refractivity contribution in [2.75, 3.05) is 5.32 Å². The Kier molecular flexibility index (Phi) is 4.85. The van der Waals surface area contributed by atoms with Gasteiger partial charge >= 0.3 is 6.36 Å². The lowest BCUT2D eigenvalue weighted by molar-refractivity contribution is -0.274. The Hall–Kier alpha value is -3.36. The van der Waals surface area contributed by atoms with E-state index in [1.807, 2.05) is 0 Å². The average Bonchev–Trinajstić information content (AvgIpc) is 2.62. The fraction of sp³-hybridized carbons (Fsp3) is 0.167. The van der Waals surface area contributed by atoms with E-state index < -0.39 is 18.0 Å². The third-order valence-corrected chi connectivity index (χ3v) is 3.73. The van der Waals surface area contributed by atoms with E-state index in [-0.39, 0.29) is 23.5 Å². The maximum absolute atomic E-state index is 12.6. The summed E-state index contributed by atoms with van der Waals surface area (Å²) in [5.74, 6) is -0.985. The molecule has 27 heavy (non-hydrogen) atoms. The van der Waals surface area contributed by atoms with Crippen molar-refractivity contribution in [2.45, 2.75) is 19.8 Å². The molecule has 0 fully saturated rings. The van der Waals surface area contributed by atoms with Gasteiger partial charge < -0.3 is 10.1 Å². The molecule has 9 heteroatoms. The number of hydrogen-bond acceptors (Lipinski definition) is 4. The van der Waals surface area contributed by atoms with E-state index in [2.05, 4.69) is 15.2 Å². The molecule has 1 amide bonds. The molecule has 1 heterocycles. The Morgan fingerprint density at radius 2 is 1.74 bits per heavy atom. The van der Waals surface area contributed by atoms with Gasteiger partial charge in [0.2, 0.25) is 0 Å². The van der Waals surface area contributed by atoms with Gasteiger partial charge in [-0.05, 0) is 37.3 Å². The van der Waals surface area contributed by atoms with Crippen LogP contribution in [0.4, 0.5) is 18.9 Å². The molecule has 140 valence electrons. The van der Waals surface area contributed by atoms with Crippen molar-refractivity contribution < 1.29 is 22.7 Å². The predicted octanol–water partition coefficient (Wildman–Crippen LogP) is 3.57. The number of anilines is 1. The highest BCUT2D eigenvalue weighted by molar-refractivity contribution is 6.11. The van der Waals surface area contributed by atoms with Gasteiger partial charge in [-0.15, -0.1) is 13.2 Å². The molecule has 0 radical (unpaired) electrons. The highest BCUT2D eigenvalue weighted by Crippen LogP contribution is 2.24. The fourth-order valence-electron chi connectivity index (χ4n) is 2.55. The van der Waals surface area contributed by atoms with Gasteiger partial charge in [-0.25, -0.2) is 4.68 Å². The second kappa shape index (κ2) is 7.10. The van der Waals surface area contributed by atoms with Crippen molar-refractivity contribution in [3.05, 3.63) is 64.6 Å². The van der Waals surface area contributed by atoms with Gasteiger partial charge in [0.25, 0.3) is 11.5 Å². The molecule has 6 nitrogen and oxygen atoms in total. The zero-order valence-electron chi connectivity index (χ0n) is 14.1. The van der Waals surface area contributed by atoms with E-state index in [9.17, 15) is 22.8 Å². The van der Waals surface area contributed by atoms with Gasteiger partial charge in [0.15, 0.2) is 5.69 Å². The Balaban J connectivity index is 1.91. The number of aromatic nitrogens is 2. The van der Waals surface area contributed by atoms with Gasteiger partial charge in [0, 0.05) is 17.6 Å². The summed E-state index contributed by atoms with van der Waals surface area (Å²) >= 11 is 0. The highest BCUT2D eigenvalue weighted by atomic mass is 19.4.